The average molecular weight is 207 g/mol. The molecule has 0 radical (unpaired) electrons. The van der Waals surface area contributed by atoms with Crippen molar-refractivity contribution in [2.45, 2.75) is 19.0 Å². The Morgan fingerprint density at radius 2 is 2.14 bits per heavy atom. The molecule has 1 rings (SSSR count). The molecule has 0 aliphatic carbocycles. The summed E-state index contributed by atoms with van der Waals surface area (Å²) in [6.07, 6.45) is -3.17. The number of nitrogens with two attached hydrogens (primary N) is 1. The molecule has 1 heterocycles. The molecule has 1 aromatic rings. The van der Waals surface area contributed by atoms with Crippen molar-refractivity contribution in [3.8, 4) is 0 Å². The van der Waals surface area contributed by atoms with Gasteiger partial charge in [0.05, 0.1) is 0 Å². The Kier molecular flexibility index (Phi) is 3.15. The van der Waals surface area contributed by atoms with Gasteiger partial charge in [0, 0.05) is 12.7 Å². The van der Waals surface area contributed by atoms with Crippen LogP contribution in [0.25, 0.3) is 0 Å². The highest BCUT2D eigenvalue weighted by Gasteiger charge is 2.34. The maximum atomic E-state index is 12.2. The van der Waals surface area contributed by atoms with Crippen LogP contribution >= 0.6 is 0 Å². The molecule has 0 spiro atoms. The second-order valence-electron chi connectivity index (χ2n) is 3.03. The van der Waals surface area contributed by atoms with E-state index in [1.54, 1.807) is 0 Å². The lowest BCUT2D eigenvalue weighted by Gasteiger charge is -1.99. The van der Waals surface area contributed by atoms with Crippen LogP contribution in [0.4, 0.5) is 13.2 Å². The highest BCUT2D eigenvalue weighted by atomic mass is 19.4. The number of aryl methyl sites for hydroxylation is 2. The number of rotatable bonds is 3. The van der Waals surface area contributed by atoms with E-state index in [0.717, 1.165) is 6.07 Å². The van der Waals surface area contributed by atoms with Crippen molar-refractivity contribution in [1.82, 2.24) is 9.78 Å². The van der Waals surface area contributed by atoms with E-state index < -0.39 is 11.9 Å². The molecular formula is C8H12F3N3. The molecule has 14 heavy (non-hydrogen) atoms. The van der Waals surface area contributed by atoms with Crippen LogP contribution in [-0.4, -0.2) is 16.3 Å². The van der Waals surface area contributed by atoms with Crippen molar-refractivity contribution in [2.24, 2.45) is 12.8 Å². The van der Waals surface area contributed by atoms with Gasteiger partial charge in [-0.05, 0) is 25.5 Å². The summed E-state index contributed by atoms with van der Waals surface area (Å²) in [6.45, 7) is 0.465. The summed E-state index contributed by atoms with van der Waals surface area (Å²) >= 11 is 0. The minimum atomic E-state index is -4.36. The summed E-state index contributed by atoms with van der Waals surface area (Å²) in [5.74, 6) is 0. The summed E-state index contributed by atoms with van der Waals surface area (Å²) in [5.41, 5.74) is 4.98. The van der Waals surface area contributed by atoms with Gasteiger partial charge >= 0.3 is 6.18 Å². The molecule has 0 fully saturated rings. The van der Waals surface area contributed by atoms with Crippen LogP contribution in [0.1, 0.15) is 17.8 Å². The first-order chi connectivity index (χ1) is 6.45. The largest absolute Gasteiger partial charge is 0.435 e. The maximum Gasteiger partial charge on any atom is 0.435 e. The molecular weight excluding hydrogens is 195 g/mol. The molecule has 0 unspecified atom stereocenters. The van der Waals surface area contributed by atoms with Crippen molar-refractivity contribution < 1.29 is 13.2 Å². The second kappa shape index (κ2) is 4.00. The van der Waals surface area contributed by atoms with Crippen LogP contribution in [0.5, 0.6) is 0 Å². The Labute approximate surface area is 79.7 Å². The summed E-state index contributed by atoms with van der Waals surface area (Å²) in [5, 5.41) is 3.39. The Morgan fingerprint density at radius 3 is 2.57 bits per heavy atom. The summed E-state index contributed by atoms with van der Waals surface area (Å²) in [6, 6.07) is 1.07. The number of hydrogen-bond acceptors (Lipinski definition) is 2. The highest BCUT2D eigenvalue weighted by Crippen LogP contribution is 2.28. The molecule has 0 atom stereocenters. The number of hydrogen-bond donors (Lipinski definition) is 1. The quantitative estimate of drug-likeness (QED) is 0.812. The summed E-state index contributed by atoms with van der Waals surface area (Å²) in [7, 11) is 1.50. The number of alkyl halides is 3. The summed E-state index contributed by atoms with van der Waals surface area (Å²) < 4.78 is 37.9. The van der Waals surface area contributed by atoms with Crippen LogP contribution in [0, 0.1) is 0 Å². The molecule has 2 N–H and O–H groups in total. The topological polar surface area (TPSA) is 43.8 Å². The predicted molar refractivity (Wildman–Crippen MR) is 45.6 cm³/mol. The molecule has 0 saturated heterocycles. The van der Waals surface area contributed by atoms with E-state index in [-0.39, 0.29) is 0 Å². The SMILES string of the molecule is Cn1nc(C(F)(F)F)cc1CCCN. The first-order valence-electron chi connectivity index (χ1n) is 4.25. The zero-order chi connectivity index (χ0) is 10.8. The zero-order valence-electron chi connectivity index (χ0n) is 7.80. The van der Waals surface area contributed by atoms with Gasteiger partial charge in [0.1, 0.15) is 0 Å². The van der Waals surface area contributed by atoms with Crippen molar-refractivity contribution in [2.75, 3.05) is 6.54 Å². The minimum absolute atomic E-state index is 0.465. The number of halogens is 3. The van der Waals surface area contributed by atoms with Gasteiger partial charge in [-0.1, -0.05) is 0 Å². The smallest absolute Gasteiger partial charge is 0.330 e. The standard InChI is InChI=1S/C8H12F3N3/c1-14-6(3-2-4-12)5-7(13-14)8(9,10)11/h5H,2-4,12H2,1H3. The van der Waals surface area contributed by atoms with Crippen LogP contribution in [0.2, 0.25) is 0 Å². The van der Waals surface area contributed by atoms with E-state index >= 15 is 0 Å². The van der Waals surface area contributed by atoms with E-state index in [2.05, 4.69) is 5.10 Å². The molecule has 6 heteroatoms. The van der Waals surface area contributed by atoms with Crippen LogP contribution in [0.3, 0.4) is 0 Å². The first kappa shape index (κ1) is 11.0. The Balaban J connectivity index is 2.82. The monoisotopic (exact) mass is 207 g/mol. The van der Waals surface area contributed by atoms with Gasteiger partial charge in [-0.3, -0.25) is 4.68 Å². The molecule has 0 amide bonds. The van der Waals surface area contributed by atoms with Crippen LogP contribution in [-0.2, 0) is 19.6 Å². The van der Waals surface area contributed by atoms with E-state index in [4.69, 9.17) is 5.73 Å². The molecule has 1 aromatic heterocycles. The Morgan fingerprint density at radius 1 is 1.50 bits per heavy atom. The lowest BCUT2D eigenvalue weighted by atomic mass is 10.2. The predicted octanol–water partition coefficient (Wildman–Crippen LogP) is 1.33. The Hall–Kier alpha value is -1.04. The average Bonchev–Trinajstić information content (AvgIpc) is 2.43. The summed E-state index contributed by atoms with van der Waals surface area (Å²) in [4.78, 5) is 0. The Bertz CT molecular complexity index is 303. The third-order valence-corrected chi connectivity index (χ3v) is 1.90. The lowest BCUT2D eigenvalue weighted by molar-refractivity contribution is -0.141. The minimum Gasteiger partial charge on any atom is -0.330 e. The molecule has 0 bridgehead atoms. The van der Waals surface area contributed by atoms with Crippen molar-refractivity contribution in [1.29, 1.82) is 0 Å². The zero-order valence-corrected chi connectivity index (χ0v) is 7.80. The van der Waals surface area contributed by atoms with Crippen molar-refractivity contribution >= 4 is 0 Å². The molecule has 0 aromatic carbocycles. The fourth-order valence-corrected chi connectivity index (χ4v) is 1.16. The third kappa shape index (κ3) is 2.47. The second-order valence-corrected chi connectivity index (χ2v) is 3.03. The third-order valence-electron chi connectivity index (χ3n) is 1.90. The van der Waals surface area contributed by atoms with E-state index in [0.29, 0.717) is 25.1 Å². The molecule has 0 saturated carbocycles. The van der Waals surface area contributed by atoms with Crippen LogP contribution < -0.4 is 5.73 Å². The molecule has 0 aliphatic rings. The number of aromatic nitrogens is 2. The highest BCUT2D eigenvalue weighted by molar-refractivity contribution is 5.13. The van der Waals surface area contributed by atoms with E-state index in [9.17, 15) is 13.2 Å². The fourth-order valence-electron chi connectivity index (χ4n) is 1.16. The van der Waals surface area contributed by atoms with Gasteiger partial charge in [-0.2, -0.15) is 18.3 Å². The first-order valence-corrected chi connectivity index (χ1v) is 4.25. The van der Waals surface area contributed by atoms with Gasteiger partial charge < -0.3 is 5.73 Å². The molecule has 3 nitrogen and oxygen atoms in total. The molecule has 0 aliphatic heterocycles. The maximum absolute atomic E-state index is 12.2. The molecule has 80 valence electrons. The van der Waals surface area contributed by atoms with Gasteiger partial charge in [-0.15, -0.1) is 0 Å². The van der Waals surface area contributed by atoms with Gasteiger partial charge in [0.2, 0.25) is 0 Å². The van der Waals surface area contributed by atoms with E-state index in [1.165, 1.54) is 11.7 Å². The van der Waals surface area contributed by atoms with Crippen molar-refractivity contribution in [3.63, 3.8) is 0 Å². The van der Waals surface area contributed by atoms with E-state index in [1.807, 2.05) is 0 Å². The van der Waals surface area contributed by atoms with Crippen molar-refractivity contribution in [3.05, 3.63) is 17.5 Å². The normalized spacial score (nSPS) is 12.1. The lowest BCUT2D eigenvalue weighted by Crippen LogP contribution is -2.06. The number of nitrogens with zero attached hydrogens (tertiary/aromatic N) is 2. The fraction of sp³-hybridized carbons (Fsp3) is 0.625. The van der Waals surface area contributed by atoms with Gasteiger partial charge in [0.25, 0.3) is 0 Å². The van der Waals surface area contributed by atoms with Gasteiger partial charge in [-0.25, -0.2) is 0 Å². The van der Waals surface area contributed by atoms with Gasteiger partial charge in [0.15, 0.2) is 5.69 Å². The van der Waals surface area contributed by atoms with Crippen LogP contribution in [0.15, 0.2) is 6.07 Å².